The van der Waals surface area contributed by atoms with E-state index in [1.54, 1.807) is 11.3 Å². The summed E-state index contributed by atoms with van der Waals surface area (Å²) in [6.07, 6.45) is 0. The molecule has 0 aromatic carbocycles. The van der Waals surface area contributed by atoms with Gasteiger partial charge in [0.2, 0.25) is 5.82 Å². The third-order valence-corrected chi connectivity index (χ3v) is 3.84. The van der Waals surface area contributed by atoms with Crippen molar-refractivity contribution < 1.29 is 4.52 Å². The Balaban J connectivity index is 2.03. The van der Waals surface area contributed by atoms with Gasteiger partial charge in [-0.3, -0.25) is 0 Å². The first-order chi connectivity index (χ1) is 7.84. The molecule has 0 aliphatic heterocycles. The van der Waals surface area contributed by atoms with E-state index in [-0.39, 0.29) is 0 Å². The van der Waals surface area contributed by atoms with E-state index in [0.717, 1.165) is 9.75 Å². The van der Waals surface area contributed by atoms with E-state index in [4.69, 9.17) is 10.3 Å². The van der Waals surface area contributed by atoms with Gasteiger partial charge in [0.1, 0.15) is 4.88 Å². The Morgan fingerprint density at radius 1 is 1.19 bits per heavy atom. The Kier molecular flexibility index (Phi) is 2.23. The zero-order valence-electron chi connectivity index (χ0n) is 8.08. The van der Waals surface area contributed by atoms with Crippen molar-refractivity contribution in [1.29, 1.82) is 0 Å². The lowest BCUT2D eigenvalue weighted by Crippen LogP contribution is -1.83. The van der Waals surface area contributed by atoms with Crippen molar-refractivity contribution in [2.75, 3.05) is 5.73 Å². The number of thiophene rings is 2. The molecule has 0 spiro atoms. The van der Waals surface area contributed by atoms with E-state index in [9.17, 15) is 0 Å². The van der Waals surface area contributed by atoms with Gasteiger partial charge < -0.3 is 10.3 Å². The normalized spacial score (nSPS) is 10.8. The molecule has 3 aromatic rings. The van der Waals surface area contributed by atoms with E-state index in [0.29, 0.717) is 17.4 Å². The van der Waals surface area contributed by atoms with Gasteiger partial charge >= 0.3 is 0 Å². The summed E-state index contributed by atoms with van der Waals surface area (Å²) in [6.45, 7) is 0. The van der Waals surface area contributed by atoms with Gasteiger partial charge in [-0.25, -0.2) is 0 Å². The maximum Gasteiger partial charge on any atom is 0.270 e. The maximum absolute atomic E-state index is 5.79. The van der Waals surface area contributed by atoms with Gasteiger partial charge in [0, 0.05) is 0 Å². The Morgan fingerprint density at radius 2 is 2.12 bits per heavy atom. The molecule has 0 fully saturated rings. The molecule has 16 heavy (non-hydrogen) atoms. The topological polar surface area (TPSA) is 64.9 Å². The number of hydrogen-bond acceptors (Lipinski definition) is 6. The predicted octanol–water partition coefficient (Wildman–Crippen LogP) is 3.11. The third-order valence-electron chi connectivity index (χ3n) is 2.06. The highest BCUT2D eigenvalue weighted by Crippen LogP contribution is 2.32. The van der Waals surface area contributed by atoms with Crippen LogP contribution in [0.1, 0.15) is 0 Å². The van der Waals surface area contributed by atoms with Crippen LogP contribution >= 0.6 is 22.7 Å². The van der Waals surface area contributed by atoms with Crippen molar-refractivity contribution in [3.63, 3.8) is 0 Å². The van der Waals surface area contributed by atoms with Crippen molar-refractivity contribution in [2.45, 2.75) is 0 Å². The molecule has 0 aliphatic carbocycles. The molecule has 80 valence electrons. The van der Waals surface area contributed by atoms with Gasteiger partial charge in [-0.2, -0.15) is 4.98 Å². The highest BCUT2D eigenvalue weighted by molar-refractivity contribution is 7.14. The van der Waals surface area contributed by atoms with Crippen molar-refractivity contribution in [1.82, 2.24) is 10.1 Å². The fourth-order valence-corrected chi connectivity index (χ4v) is 2.70. The number of rotatable bonds is 2. The quantitative estimate of drug-likeness (QED) is 0.758. The molecule has 0 saturated heterocycles. The smallest absolute Gasteiger partial charge is 0.270 e. The van der Waals surface area contributed by atoms with Crippen LogP contribution in [0.5, 0.6) is 0 Å². The lowest BCUT2D eigenvalue weighted by atomic mass is 10.4. The molecule has 0 saturated carbocycles. The zero-order valence-corrected chi connectivity index (χ0v) is 9.72. The molecule has 3 heterocycles. The molecule has 4 nitrogen and oxygen atoms in total. The van der Waals surface area contributed by atoms with Gasteiger partial charge in [0.05, 0.1) is 10.6 Å². The van der Waals surface area contributed by atoms with Gasteiger partial charge in [-0.15, -0.1) is 22.7 Å². The Bertz CT molecular complexity index is 597. The lowest BCUT2D eigenvalue weighted by Gasteiger charge is -1.88. The van der Waals surface area contributed by atoms with E-state index in [2.05, 4.69) is 10.1 Å². The Labute approximate surface area is 99.4 Å². The Morgan fingerprint density at radius 3 is 2.81 bits per heavy atom. The summed E-state index contributed by atoms with van der Waals surface area (Å²) < 4.78 is 5.19. The number of aromatic nitrogens is 2. The van der Waals surface area contributed by atoms with Crippen molar-refractivity contribution >= 4 is 28.4 Å². The molecule has 0 bridgehead atoms. The summed E-state index contributed by atoms with van der Waals surface area (Å²) >= 11 is 3.07. The first-order valence-corrected chi connectivity index (χ1v) is 6.31. The van der Waals surface area contributed by atoms with Crippen LogP contribution in [0.2, 0.25) is 0 Å². The molecule has 3 aromatic heterocycles. The molecule has 3 rings (SSSR count). The summed E-state index contributed by atoms with van der Waals surface area (Å²) in [7, 11) is 0. The van der Waals surface area contributed by atoms with E-state index in [1.165, 1.54) is 11.3 Å². The molecule has 0 radical (unpaired) electrons. The van der Waals surface area contributed by atoms with Crippen LogP contribution in [0, 0.1) is 0 Å². The summed E-state index contributed by atoms with van der Waals surface area (Å²) in [6, 6.07) is 5.74. The fourth-order valence-electron chi connectivity index (χ4n) is 1.31. The lowest BCUT2D eigenvalue weighted by molar-refractivity contribution is 0.433. The van der Waals surface area contributed by atoms with E-state index >= 15 is 0 Å². The number of nitrogens with two attached hydrogens (primary N) is 1. The van der Waals surface area contributed by atoms with Crippen LogP contribution in [0.15, 0.2) is 33.5 Å². The Hall–Kier alpha value is -1.66. The van der Waals surface area contributed by atoms with Gasteiger partial charge in [0.15, 0.2) is 0 Å². The SMILES string of the molecule is Nc1ccsc1-c1nc(-c2cccs2)no1. The molecule has 0 atom stereocenters. The summed E-state index contributed by atoms with van der Waals surface area (Å²) in [5, 5.41) is 7.81. The van der Waals surface area contributed by atoms with Crippen LogP contribution < -0.4 is 5.73 Å². The highest BCUT2D eigenvalue weighted by atomic mass is 32.1. The maximum atomic E-state index is 5.79. The van der Waals surface area contributed by atoms with Gasteiger partial charge in [0.25, 0.3) is 5.89 Å². The summed E-state index contributed by atoms with van der Waals surface area (Å²) in [5.74, 6) is 1.09. The second kappa shape index (κ2) is 3.73. The van der Waals surface area contributed by atoms with Crippen LogP contribution in [-0.4, -0.2) is 10.1 Å². The van der Waals surface area contributed by atoms with E-state index in [1.807, 2.05) is 29.0 Å². The number of anilines is 1. The third kappa shape index (κ3) is 1.52. The second-order valence-electron chi connectivity index (χ2n) is 3.11. The van der Waals surface area contributed by atoms with Crippen LogP contribution in [0.25, 0.3) is 21.5 Å². The molecule has 0 unspecified atom stereocenters. The zero-order chi connectivity index (χ0) is 11.0. The second-order valence-corrected chi connectivity index (χ2v) is 4.97. The largest absolute Gasteiger partial charge is 0.397 e. The molecule has 0 amide bonds. The molecular weight excluding hydrogens is 242 g/mol. The van der Waals surface area contributed by atoms with Gasteiger partial charge in [-0.05, 0) is 22.9 Å². The number of nitrogen functional groups attached to an aromatic ring is 1. The molecule has 6 heteroatoms. The average molecular weight is 249 g/mol. The molecular formula is C10H7N3OS2. The van der Waals surface area contributed by atoms with Crippen molar-refractivity contribution in [3.05, 3.63) is 29.0 Å². The summed E-state index contributed by atoms with van der Waals surface area (Å²) in [4.78, 5) is 6.14. The highest BCUT2D eigenvalue weighted by Gasteiger charge is 2.14. The summed E-state index contributed by atoms with van der Waals surface area (Å²) in [5.41, 5.74) is 6.46. The van der Waals surface area contributed by atoms with Crippen LogP contribution in [0.3, 0.4) is 0 Å². The predicted molar refractivity (Wildman–Crippen MR) is 65.3 cm³/mol. The minimum absolute atomic E-state index is 0.482. The first kappa shape index (κ1) is 9.56. The standard InChI is InChI=1S/C10H7N3OS2/c11-6-3-5-16-8(6)10-12-9(13-14-10)7-2-1-4-15-7/h1-5H,11H2. The minimum atomic E-state index is 0.482. The van der Waals surface area contributed by atoms with E-state index < -0.39 is 0 Å². The molecule has 0 aliphatic rings. The van der Waals surface area contributed by atoms with Crippen LogP contribution in [0.4, 0.5) is 5.69 Å². The average Bonchev–Trinajstić information content (AvgIpc) is 2.96. The minimum Gasteiger partial charge on any atom is -0.397 e. The molecule has 2 N–H and O–H groups in total. The number of hydrogen-bond donors (Lipinski definition) is 1. The first-order valence-electron chi connectivity index (χ1n) is 4.55. The van der Waals surface area contributed by atoms with Crippen LogP contribution in [-0.2, 0) is 0 Å². The van der Waals surface area contributed by atoms with Crippen molar-refractivity contribution in [2.24, 2.45) is 0 Å². The van der Waals surface area contributed by atoms with Crippen molar-refractivity contribution in [3.8, 4) is 21.5 Å². The fraction of sp³-hybridized carbons (Fsp3) is 0. The van der Waals surface area contributed by atoms with Gasteiger partial charge in [-0.1, -0.05) is 11.2 Å². The number of nitrogens with zero attached hydrogens (tertiary/aromatic N) is 2. The monoisotopic (exact) mass is 249 g/mol.